The Morgan fingerprint density at radius 2 is 2.06 bits per heavy atom. The third-order valence-corrected chi connectivity index (χ3v) is 5.97. The zero-order valence-corrected chi connectivity index (χ0v) is 20.6. The number of anilines is 1. The predicted molar refractivity (Wildman–Crippen MR) is 124 cm³/mol. The summed E-state index contributed by atoms with van der Waals surface area (Å²) in [4.78, 5) is 44.3. The van der Waals surface area contributed by atoms with Crippen molar-refractivity contribution in [1.29, 1.82) is 0 Å². The molecule has 14 heteroatoms. The molecule has 1 unspecified atom stereocenters. The van der Waals surface area contributed by atoms with Gasteiger partial charge in [0.15, 0.2) is 6.10 Å². The van der Waals surface area contributed by atoms with Crippen LogP contribution in [0.25, 0.3) is 0 Å². The monoisotopic (exact) mass is 530 g/mol. The van der Waals surface area contributed by atoms with Crippen LogP contribution >= 0.6 is 11.6 Å². The van der Waals surface area contributed by atoms with Gasteiger partial charge in [-0.25, -0.2) is 23.0 Å². The lowest BCUT2D eigenvalue weighted by Crippen LogP contribution is -2.45. The van der Waals surface area contributed by atoms with Gasteiger partial charge in [-0.1, -0.05) is 11.6 Å². The van der Waals surface area contributed by atoms with Gasteiger partial charge < -0.3 is 15.1 Å². The fourth-order valence-electron chi connectivity index (χ4n) is 3.77. The first-order valence-corrected chi connectivity index (χ1v) is 11.3. The van der Waals surface area contributed by atoms with Crippen LogP contribution in [-0.4, -0.2) is 82.7 Å². The van der Waals surface area contributed by atoms with E-state index in [0.717, 1.165) is 27.3 Å². The lowest BCUT2D eigenvalue weighted by molar-refractivity contribution is -0.195. The summed E-state index contributed by atoms with van der Waals surface area (Å²) in [5.41, 5.74) is 2.48. The van der Waals surface area contributed by atoms with Crippen LogP contribution in [0.15, 0.2) is 18.2 Å². The Labute approximate surface area is 210 Å². The summed E-state index contributed by atoms with van der Waals surface area (Å²) in [6.07, 6.45) is -3.24. The fraction of sp³-hybridized carbons (Fsp3) is 0.455. The van der Waals surface area contributed by atoms with Gasteiger partial charge in [0.2, 0.25) is 6.41 Å². The van der Waals surface area contributed by atoms with Crippen molar-refractivity contribution in [3.63, 3.8) is 0 Å². The maximum Gasteiger partial charge on any atom is 0.322 e. The molecule has 10 nitrogen and oxygen atoms in total. The van der Waals surface area contributed by atoms with E-state index in [4.69, 9.17) is 16.4 Å². The number of halogens is 4. The van der Waals surface area contributed by atoms with E-state index in [-0.39, 0.29) is 18.1 Å². The van der Waals surface area contributed by atoms with Crippen LogP contribution in [0.3, 0.4) is 0 Å². The molecule has 36 heavy (non-hydrogen) atoms. The van der Waals surface area contributed by atoms with Gasteiger partial charge in [0.25, 0.3) is 12.3 Å². The second-order valence-corrected chi connectivity index (χ2v) is 8.69. The molecular weight excluding hydrogens is 505 g/mol. The summed E-state index contributed by atoms with van der Waals surface area (Å²) in [6, 6.07) is 3.46. The van der Waals surface area contributed by atoms with E-state index in [9.17, 15) is 27.6 Å². The largest absolute Gasteiger partial charge is 0.338 e. The van der Waals surface area contributed by atoms with Gasteiger partial charge in [-0.2, -0.15) is 5.10 Å². The third-order valence-electron chi connectivity index (χ3n) is 5.68. The van der Waals surface area contributed by atoms with Crippen molar-refractivity contribution < 1.29 is 32.4 Å². The number of fused-ring (bicyclic) bond motifs is 1. The first kappa shape index (κ1) is 27.3. The van der Waals surface area contributed by atoms with Gasteiger partial charge >= 0.3 is 6.03 Å². The standard InChI is InChI=1S/C22H26ClF3N6O4/c1-13-15-9-31(22(35)27-14-4-5-17(24)16(23)8-14)7-6-18(15)28-32(13)10-19(36-30(3)12-33)21(34)29(2)11-20(25)26/h4-5,8,12,19-20H,6-7,9-11H2,1-3H3,(H,27,35). The number of hydrogen-bond donors (Lipinski definition) is 1. The van der Waals surface area contributed by atoms with Gasteiger partial charge in [-0.05, 0) is 25.1 Å². The van der Waals surface area contributed by atoms with Crippen LogP contribution in [0.4, 0.5) is 23.7 Å². The van der Waals surface area contributed by atoms with Crippen LogP contribution in [0.1, 0.15) is 17.0 Å². The molecule has 1 N–H and O–H groups in total. The summed E-state index contributed by atoms with van der Waals surface area (Å²) >= 11 is 5.77. The van der Waals surface area contributed by atoms with Crippen LogP contribution in [-0.2, 0) is 33.9 Å². The Kier molecular flexibility index (Phi) is 8.79. The molecule has 0 aliphatic carbocycles. The van der Waals surface area contributed by atoms with E-state index in [2.05, 4.69) is 10.4 Å². The summed E-state index contributed by atoms with van der Waals surface area (Å²) in [5, 5.41) is 7.87. The van der Waals surface area contributed by atoms with Crippen molar-refractivity contribution in [3.8, 4) is 0 Å². The molecule has 1 aromatic carbocycles. The third kappa shape index (κ3) is 6.46. The second-order valence-electron chi connectivity index (χ2n) is 8.28. The molecule has 2 aromatic rings. The van der Waals surface area contributed by atoms with Crippen molar-refractivity contribution in [1.82, 2.24) is 24.6 Å². The Morgan fingerprint density at radius 3 is 2.69 bits per heavy atom. The van der Waals surface area contributed by atoms with Crippen LogP contribution in [0.5, 0.6) is 0 Å². The van der Waals surface area contributed by atoms with Gasteiger partial charge in [0.1, 0.15) is 5.82 Å². The van der Waals surface area contributed by atoms with E-state index >= 15 is 0 Å². The van der Waals surface area contributed by atoms with E-state index in [0.29, 0.717) is 30.8 Å². The van der Waals surface area contributed by atoms with E-state index in [1.807, 2.05) is 0 Å². The minimum Gasteiger partial charge on any atom is -0.338 e. The highest BCUT2D eigenvalue weighted by Gasteiger charge is 2.31. The highest BCUT2D eigenvalue weighted by molar-refractivity contribution is 6.31. The number of hydroxylamine groups is 2. The molecule has 1 atom stereocenters. The van der Waals surface area contributed by atoms with Crippen molar-refractivity contribution >= 4 is 35.6 Å². The predicted octanol–water partition coefficient (Wildman–Crippen LogP) is 2.69. The number of amides is 4. The molecule has 0 saturated heterocycles. The lowest BCUT2D eigenvalue weighted by atomic mass is 10.1. The number of likely N-dealkylation sites (N-methyl/N-ethyl adjacent to an activating group) is 1. The van der Waals surface area contributed by atoms with Crippen LogP contribution in [0, 0.1) is 12.7 Å². The highest BCUT2D eigenvalue weighted by Crippen LogP contribution is 2.24. The first-order chi connectivity index (χ1) is 17.0. The molecule has 0 bridgehead atoms. The minimum absolute atomic E-state index is 0.114. The van der Waals surface area contributed by atoms with Gasteiger partial charge in [-0.3, -0.25) is 19.1 Å². The van der Waals surface area contributed by atoms with Crippen molar-refractivity contribution in [3.05, 3.63) is 46.0 Å². The van der Waals surface area contributed by atoms with Gasteiger partial charge in [0, 0.05) is 44.0 Å². The molecule has 1 aromatic heterocycles. The SMILES string of the molecule is Cc1c2c(nn1CC(ON(C)C=O)C(=O)N(C)CC(F)F)CCN(C(=O)Nc1ccc(F)c(Cl)c1)C2. The van der Waals surface area contributed by atoms with E-state index < -0.39 is 36.8 Å². The fourth-order valence-corrected chi connectivity index (χ4v) is 3.95. The number of nitrogens with zero attached hydrogens (tertiary/aromatic N) is 5. The highest BCUT2D eigenvalue weighted by atomic mass is 35.5. The summed E-state index contributed by atoms with van der Waals surface area (Å²) in [6.45, 7) is 1.40. The molecule has 2 heterocycles. The average Bonchev–Trinajstić information content (AvgIpc) is 3.14. The molecule has 1 aliphatic rings. The average molecular weight is 531 g/mol. The van der Waals surface area contributed by atoms with Gasteiger partial charge in [-0.15, -0.1) is 0 Å². The zero-order valence-electron chi connectivity index (χ0n) is 19.9. The molecule has 0 radical (unpaired) electrons. The smallest absolute Gasteiger partial charge is 0.322 e. The van der Waals surface area contributed by atoms with E-state index in [1.54, 1.807) is 11.8 Å². The number of alkyl halides is 2. The van der Waals surface area contributed by atoms with Gasteiger partial charge in [0.05, 0.1) is 30.4 Å². The number of nitrogens with one attached hydrogen (secondary N) is 1. The van der Waals surface area contributed by atoms with Crippen molar-refractivity contribution in [2.45, 2.75) is 39.0 Å². The lowest BCUT2D eigenvalue weighted by Gasteiger charge is -2.27. The quantitative estimate of drug-likeness (QED) is 0.397. The molecule has 0 spiro atoms. The maximum absolute atomic E-state index is 13.4. The second kappa shape index (κ2) is 11.6. The maximum atomic E-state index is 13.4. The number of carbonyl (C=O) groups is 3. The normalized spacial score (nSPS) is 13.8. The number of carbonyl (C=O) groups excluding carboxylic acids is 3. The van der Waals surface area contributed by atoms with Crippen LogP contribution in [0.2, 0.25) is 5.02 Å². The van der Waals surface area contributed by atoms with Crippen molar-refractivity contribution in [2.24, 2.45) is 0 Å². The Hall–Kier alpha value is -3.32. The topological polar surface area (TPSA) is 100 Å². The Morgan fingerprint density at radius 1 is 1.33 bits per heavy atom. The minimum atomic E-state index is -2.73. The van der Waals surface area contributed by atoms with Crippen molar-refractivity contribution in [2.75, 3.05) is 32.5 Å². The summed E-state index contributed by atoms with van der Waals surface area (Å²) in [7, 11) is 2.50. The molecular formula is C22H26ClF3N6O4. The number of hydrogen-bond acceptors (Lipinski definition) is 5. The molecule has 1 aliphatic heterocycles. The number of benzene rings is 1. The van der Waals surface area contributed by atoms with E-state index in [1.165, 1.54) is 30.9 Å². The summed E-state index contributed by atoms with van der Waals surface area (Å²) in [5.74, 6) is -1.34. The molecule has 0 fully saturated rings. The number of aromatic nitrogens is 2. The Balaban J connectivity index is 1.75. The van der Waals surface area contributed by atoms with Crippen LogP contribution < -0.4 is 5.32 Å². The Bertz CT molecular complexity index is 1130. The zero-order chi connectivity index (χ0) is 26.6. The number of rotatable bonds is 9. The molecule has 196 valence electrons. The summed E-state index contributed by atoms with van der Waals surface area (Å²) < 4.78 is 40.4. The number of urea groups is 1. The molecule has 4 amide bonds. The molecule has 0 saturated carbocycles. The molecule has 3 rings (SSSR count). The first-order valence-electron chi connectivity index (χ1n) is 10.9.